The Kier molecular flexibility index (Phi) is 5.09. The highest BCUT2D eigenvalue weighted by Gasteiger charge is 2.25. The zero-order valence-electron chi connectivity index (χ0n) is 15.3. The highest BCUT2D eigenvalue weighted by Crippen LogP contribution is 2.20. The summed E-state index contributed by atoms with van der Waals surface area (Å²) in [5.41, 5.74) is 1.35. The van der Waals surface area contributed by atoms with E-state index in [0.29, 0.717) is 24.5 Å². The van der Waals surface area contributed by atoms with Crippen LogP contribution in [0.15, 0.2) is 42.9 Å². The first-order valence-corrected chi connectivity index (χ1v) is 8.89. The Hall–Kier alpha value is -3.56. The Morgan fingerprint density at radius 1 is 1.21 bits per heavy atom. The van der Waals surface area contributed by atoms with Gasteiger partial charge in [-0.3, -0.25) is 4.79 Å². The number of carbonyl (C=O) groups excluding carboxylic acids is 1. The number of ether oxygens (including phenoxy) is 2. The molecule has 3 aromatic rings. The van der Waals surface area contributed by atoms with Crippen LogP contribution < -0.4 is 9.47 Å². The summed E-state index contributed by atoms with van der Waals surface area (Å²) in [6.45, 7) is 1.22. The fraction of sp³-hybridized carbons (Fsp3) is 0.333. The number of carbonyl (C=O) groups is 1. The molecule has 0 radical (unpaired) electrons. The highest BCUT2D eigenvalue weighted by molar-refractivity contribution is 5.94. The van der Waals surface area contributed by atoms with Gasteiger partial charge in [0, 0.05) is 43.8 Å². The Morgan fingerprint density at radius 3 is 2.82 bits per heavy atom. The predicted molar refractivity (Wildman–Crippen MR) is 97.3 cm³/mol. The smallest absolute Gasteiger partial charge is 0.319 e. The van der Waals surface area contributed by atoms with Crippen LogP contribution in [0.25, 0.3) is 5.69 Å². The number of hydrogen-bond acceptors (Lipinski definition) is 8. The molecule has 2 aromatic heterocycles. The van der Waals surface area contributed by atoms with Gasteiger partial charge in [-0.2, -0.15) is 4.98 Å². The summed E-state index contributed by atoms with van der Waals surface area (Å²) in [4.78, 5) is 22.8. The summed E-state index contributed by atoms with van der Waals surface area (Å²) in [7, 11) is 1.51. The van der Waals surface area contributed by atoms with E-state index in [2.05, 4.69) is 25.5 Å². The van der Waals surface area contributed by atoms with Crippen LogP contribution in [0.5, 0.6) is 11.9 Å². The number of likely N-dealkylation sites (tertiary alicyclic amines) is 1. The zero-order chi connectivity index (χ0) is 19.3. The first-order valence-electron chi connectivity index (χ1n) is 8.89. The minimum absolute atomic E-state index is 0.00351. The van der Waals surface area contributed by atoms with Crippen molar-refractivity contribution in [2.45, 2.75) is 18.9 Å². The second-order valence-electron chi connectivity index (χ2n) is 6.30. The molecule has 1 aliphatic heterocycles. The number of benzene rings is 1. The molecular formula is C18H19N7O3. The maximum absolute atomic E-state index is 12.9. The number of methoxy groups -OCH3 is 1. The molecular weight excluding hydrogens is 362 g/mol. The van der Waals surface area contributed by atoms with E-state index >= 15 is 0 Å². The fourth-order valence-electron chi connectivity index (χ4n) is 3.08. The van der Waals surface area contributed by atoms with Gasteiger partial charge in [0.25, 0.3) is 5.91 Å². The SMILES string of the molecule is COc1nccc(OC2CCN(C(=O)c3cccc(-n4cnnn4)c3)CC2)n1. The molecule has 1 aliphatic rings. The summed E-state index contributed by atoms with van der Waals surface area (Å²) in [5, 5.41) is 11.1. The van der Waals surface area contributed by atoms with E-state index in [1.165, 1.54) is 18.1 Å². The van der Waals surface area contributed by atoms with Gasteiger partial charge in [-0.1, -0.05) is 6.07 Å². The van der Waals surface area contributed by atoms with Crippen molar-refractivity contribution in [3.05, 3.63) is 48.4 Å². The van der Waals surface area contributed by atoms with E-state index in [9.17, 15) is 4.79 Å². The topological polar surface area (TPSA) is 108 Å². The van der Waals surface area contributed by atoms with Crippen LogP contribution in [0.1, 0.15) is 23.2 Å². The number of nitrogens with zero attached hydrogens (tertiary/aromatic N) is 7. The summed E-state index contributed by atoms with van der Waals surface area (Å²) in [6, 6.07) is 9.23. The van der Waals surface area contributed by atoms with Crippen molar-refractivity contribution in [2.75, 3.05) is 20.2 Å². The molecule has 1 saturated heterocycles. The summed E-state index contributed by atoms with van der Waals surface area (Å²) in [6.07, 6.45) is 4.54. The Morgan fingerprint density at radius 2 is 2.07 bits per heavy atom. The molecule has 10 heteroatoms. The average Bonchev–Trinajstić information content (AvgIpc) is 3.29. The molecule has 0 saturated carbocycles. The van der Waals surface area contributed by atoms with Crippen molar-refractivity contribution >= 4 is 5.91 Å². The number of piperidine rings is 1. The van der Waals surface area contributed by atoms with E-state index in [1.807, 2.05) is 17.0 Å². The molecule has 1 amide bonds. The van der Waals surface area contributed by atoms with E-state index in [0.717, 1.165) is 18.5 Å². The van der Waals surface area contributed by atoms with E-state index < -0.39 is 0 Å². The van der Waals surface area contributed by atoms with Gasteiger partial charge in [0.1, 0.15) is 12.4 Å². The molecule has 0 aliphatic carbocycles. The first kappa shape index (κ1) is 17.8. The molecule has 0 spiro atoms. The van der Waals surface area contributed by atoms with Crippen LogP contribution in [0.2, 0.25) is 0 Å². The Bertz CT molecular complexity index is 940. The molecule has 4 rings (SSSR count). The lowest BCUT2D eigenvalue weighted by Gasteiger charge is -2.32. The lowest BCUT2D eigenvalue weighted by molar-refractivity contribution is 0.0586. The van der Waals surface area contributed by atoms with Crippen LogP contribution in [0, 0.1) is 0 Å². The lowest BCUT2D eigenvalue weighted by atomic mass is 10.1. The molecule has 1 fully saturated rings. The molecule has 0 bridgehead atoms. The number of hydrogen-bond donors (Lipinski definition) is 0. The maximum Gasteiger partial charge on any atom is 0.319 e. The Balaban J connectivity index is 1.37. The van der Waals surface area contributed by atoms with Crippen molar-refractivity contribution in [1.82, 2.24) is 35.1 Å². The van der Waals surface area contributed by atoms with Crippen molar-refractivity contribution < 1.29 is 14.3 Å². The lowest BCUT2D eigenvalue weighted by Crippen LogP contribution is -2.41. The van der Waals surface area contributed by atoms with E-state index in [1.54, 1.807) is 24.4 Å². The molecule has 3 heterocycles. The van der Waals surface area contributed by atoms with Gasteiger partial charge in [0.2, 0.25) is 5.88 Å². The predicted octanol–water partition coefficient (Wildman–Crippen LogP) is 1.14. The molecule has 0 unspecified atom stereocenters. The van der Waals surface area contributed by atoms with E-state index in [4.69, 9.17) is 9.47 Å². The maximum atomic E-state index is 12.9. The molecule has 0 atom stereocenters. The highest BCUT2D eigenvalue weighted by atomic mass is 16.5. The normalized spacial score (nSPS) is 14.7. The largest absolute Gasteiger partial charge is 0.474 e. The van der Waals surface area contributed by atoms with Gasteiger partial charge in [0.15, 0.2) is 0 Å². The molecule has 28 heavy (non-hydrogen) atoms. The number of tetrazole rings is 1. The molecule has 0 N–H and O–H groups in total. The zero-order valence-corrected chi connectivity index (χ0v) is 15.3. The van der Waals surface area contributed by atoms with Gasteiger partial charge >= 0.3 is 6.01 Å². The monoisotopic (exact) mass is 381 g/mol. The fourth-order valence-corrected chi connectivity index (χ4v) is 3.08. The standard InChI is InChI=1S/C18H19N7O3/c1-27-18-19-8-5-16(21-18)28-15-6-9-24(10-7-15)17(26)13-3-2-4-14(11-13)25-12-20-22-23-25/h2-5,8,11-12,15H,6-7,9-10H2,1H3. The quantitative estimate of drug-likeness (QED) is 0.647. The van der Waals surface area contributed by atoms with Crippen molar-refractivity contribution in [3.63, 3.8) is 0 Å². The van der Waals surface area contributed by atoms with Crippen molar-refractivity contribution in [2.24, 2.45) is 0 Å². The first-order chi connectivity index (χ1) is 13.7. The average molecular weight is 381 g/mol. The summed E-state index contributed by atoms with van der Waals surface area (Å²) in [5.74, 6) is 0.461. The van der Waals surface area contributed by atoms with Gasteiger partial charge < -0.3 is 14.4 Å². The second kappa shape index (κ2) is 7.99. The van der Waals surface area contributed by atoms with Crippen molar-refractivity contribution in [3.8, 4) is 17.6 Å². The molecule has 144 valence electrons. The van der Waals surface area contributed by atoms with Crippen LogP contribution >= 0.6 is 0 Å². The summed E-state index contributed by atoms with van der Waals surface area (Å²) >= 11 is 0. The molecule has 10 nitrogen and oxygen atoms in total. The number of aromatic nitrogens is 6. The third-order valence-electron chi connectivity index (χ3n) is 4.51. The minimum atomic E-state index is -0.0166. The van der Waals surface area contributed by atoms with Crippen molar-refractivity contribution in [1.29, 1.82) is 0 Å². The second-order valence-corrected chi connectivity index (χ2v) is 6.30. The minimum Gasteiger partial charge on any atom is -0.474 e. The Labute approximate surface area is 161 Å². The van der Waals surface area contributed by atoms with Gasteiger partial charge in [-0.25, -0.2) is 9.67 Å². The van der Waals surface area contributed by atoms with E-state index in [-0.39, 0.29) is 18.0 Å². The third kappa shape index (κ3) is 3.90. The third-order valence-corrected chi connectivity index (χ3v) is 4.51. The van der Waals surface area contributed by atoms with Crippen LogP contribution in [-0.2, 0) is 0 Å². The van der Waals surface area contributed by atoms with Crippen LogP contribution in [0.3, 0.4) is 0 Å². The van der Waals surface area contributed by atoms with Gasteiger partial charge in [0.05, 0.1) is 12.8 Å². The van der Waals surface area contributed by atoms with Crippen LogP contribution in [0.4, 0.5) is 0 Å². The van der Waals surface area contributed by atoms with Gasteiger partial charge in [-0.05, 0) is 28.6 Å². The van der Waals surface area contributed by atoms with Gasteiger partial charge in [-0.15, -0.1) is 5.10 Å². The number of amides is 1. The molecule has 1 aromatic carbocycles. The number of rotatable bonds is 5. The van der Waals surface area contributed by atoms with Crippen LogP contribution in [-0.4, -0.2) is 67.3 Å². The summed E-state index contributed by atoms with van der Waals surface area (Å²) < 4.78 is 12.4.